The first-order chi connectivity index (χ1) is 8.49. The van der Waals surface area contributed by atoms with E-state index in [-0.39, 0.29) is 10.6 Å². The van der Waals surface area contributed by atoms with Crippen molar-refractivity contribution in [2.75, 3.05) is 0 Å². The molecule has 1 N–H and O–H groups in total. The van der Waals surface area contributed by atoms with Crippen molar-refractivity contribution >= 4 is 23.2 Å². The summed E-state index contributed by atoms with van der Waals surface area (Å²) in [6.45, 7) is 0. The molecule has 0 saturated heterocycles. The van der Waals surface area contributed by atoms with Crippen molar-refractivity contribution in [2.24, 2.45) is 0 Å². The zero-order valence-electron chi connectivity index (χ0n) is 9.00. The molecule has 2 aromatic rings. The molecule has 0 aliphatic heterocycles. The van der Waals surface area contributed by atoms with Gasteiger partial charge in [-0.2, -0.15) is 0 Å². The standard InChI is InChI=1S/C13H8Cl2F2O/c14-10-3-1-7(5-11(10)15)13(18)9-6-8(16)2-4-12(9)17/h1-6,13,18H. The van der Waals surface area contributed by atoms with Gasteiger partial charge in [0.05, 0.1) is 10.0 Å². The number of rotatable bonds is 2. The predicted octanol–water partition coefficient (Wildman–Crippen LogP) is 4.35. The first-order valence-electron chi connectivity index (χ1n) is 5.07. The fourth-order valence-electron chi connectivity index (χ4n) is 1.59. The van der Waals surface area contributed by atoms with E-state index in [2.05, 4.69) is 0 Å². The third-order valence-electron chi connectivity index (χ3n) is 2.51. The fraction of sp³-hybridized carbons (Fsp3) is 0.0769. The molecule has 94 valence electrons. The maximum atomic E-state index is 13.5. The molecule has 0 fully saturated rings. The van der Waals surface area contributed by atoms with Crippen LogP contribution in [0.25, 0.3) is 0 Å². The lowest BCUT2D eigenvalue weighted by molar-refractivity contribution is 0.214. The molecule has 1 atom stereocenters. The van der Waals surface area contributed by atoms with Crippen LogP contribution in [0, 0.1) is 11.6 Å². The topological polar surface area (TPSA) is 20.2 Å². The summed E-state index contributed by atoms with van der Waals surface area (Å²) in [4.78, 5) is 0. The van der Waals surface area contributed by atoms with Crippen LogP contribution in [0.5, 0.6) is 0 Å². The Labute approximate surface area is 113 Å². The minimum absolute atomic E-state index is 0.145. The number of aliphatic hydroxyl groups excluding tert-OH is 1. The van der Waals surface area contributed by atoms with Gasteiger partial charge in [-0.25, -0.2) is 8.78 Å². The lowest BCUT2D eigenvalue weighted by Crippen LogP contribution is -2.03. The molecule has 0 aliphatic rings. The molecule has 1 unspecified atom stereocenters. The zero-order valence-corrected chi connectivity index (χ0v) is 10.5. The van der Waals surface area contributed by atoms with Gasteiger partial charge in [0.1, 0.15) is 17.7 Å². The summed E-state index contributed by atoms with van der Waals surface area (Å²) >= 11 is 11.5. The highest BCUT2D eigenvalue weighted by atomic mass is 35.5. The molecule has 0 saturated carbocycles. The molecule has 0 spiro atoms. The molecule has 18 heavy (non-hydrogen) atoms. The van der Waals surface area contributed by atoms with Gasteiger partial charge in [-0.3, -0.25) is 0 Å². The quantitative estimate of drug-likeness (QED) is 0.871. The van der Waals surface area contributed by atoms with Gasteiger partial charge in [0.2, 0.25) is 0 Å². The van der Waals surface area contributed by atoms with Crippen molar-refractivity contribution in [3.05, 3.63) is 69.2 Å². The predicted molar refractivity (Wildman–Crippen MR) is 66.9 cm³/mol. The van der Waals surface area contributed by atoms with Gasteiger partial charge in [-0.15, -0.1) is 0 Å². The highest BCUT2D eigenvalue weighted by Gasteiger charge is 2.16. The number of halogens is 4. The summed E-state index contributed by atoms with van der Waals surface area (Å²) in [5.41, 5.74) is 0.197. The van der Waals surface area contributed by atoms with Gasteiger partial charge in [0.25, 0.3) is 0 Å². The first kappa shape index (κ1) is 13.3. The third kappa shape index (κ3) is 2.64. The SMILES string of the molecule is OC(c1ccc(Cl)c(Cl)c1)c1cc(F)ccc1F. The lowest BCUT2D eigenvalue weighted by atomic mass is 10.0. The molecule has 1 nitrogen and oxygen atoms in total. The van der Waals surface area contributed by atoms with Gasteiger partial charge >= 0.3 is 0 Å². The third-order valence-corrected chi connectivity index (χ3v) is 3.25. The van der Waals surface area contributed by atoms with E-state index < -0.39 is 17.7 Å². The van der Waals surface area contributed by atoms with E-state index in [9.17, 15) is 13.9 Å². The van der Waals surface area contributed by atoms with Crippen LogP contribution in [-0.2, 0) is 0 Å². The molecule has 2 rings (SSSR count). The maximum absolute atomic E-state index is 13.5. The Morgan fingerprint density at radius 3 is 2.33 bits per heavy atom. The summed E-state index contributed by atoms with van der Waals surface area (Å²) in [7, 11) is 0. The number of benzene rings is 2. The minimum atomic E-state index is -1.30. The summed E-state index contributed by atoms with van der Waals surface area (Å²) in [6.07, 6.45) is -1.30. The van der Waals surface area contributed by atoms with Crippen LogP contribution in [0.15, 0.2) is 36.4 Å². The van der Waals surface area contributed by atoms with Crippen molar-refractivity contribution in [1.82, 2.24) is 0 Å². The van der Waals surface area contributed by atoms with Crippen LogP contribution in [0.3, 0.4) is 0 Å². The normalized spacial score (nSPS) is 12.5. The molecule has 2 aromatic carbocycles. The second-order valence-corrected chi connectivity index (χ2v) is 4.56. The van der Waals surface area contributed by atoms with E-state index in [1.165, 1.54) is 18.2 Å². The minimum Gasteiger partial charge on any atom is -0.384 e. The molecule has 0 amide bonds. The molecule has 0 heterocycles. The Kier molecular flexibility index (Phi) is 3.85. The smallest absolute Gasteiger partial charge is 0.129 e. The highest BCUT2D eigenvalue weighted by Crippen LogP contribution is 2.30. The average molecular weight is 289 g/mol. The van der Waals surface area contributed by atoms with Gasteiger partial charge in [-0.1, -0.05) is 29.3 Å². The fourth-order valence-corrected chi connectivity index (χ4v) is 1.89. The summed E-state index contributed by atoms with van der Waals surface area (Å²) in [6, 6.07) is 7.30. The summed E-state index contributed by atoms with van der Waals surface area (Å²) in [5, 5.41) is 10.6. The summed E-state index contributed by atoms with van der Waals surface area (Å²) in [5.74, 6) is -1.31. The van der Waals surface area contributed by atoms with Crippen LogP contribution in [0.1, 0.15) is 17.2 Å². The van der Waals surface area contributed by atoms with Crippen molar-refractivity contribution in [3.8, 4) is 0 Å². The van der Waals surface area contributed by atoms with Crippen LogP contribution < -0.4 is 0 Å². The second kappa shape index (κ2) is 5.22. The Hall–Kier alpha value is -1.16. The van der Waals surface area contributed by atoms with Crippen molar-refractivity contribution in [2.45, 2.75) is 6.10 Å². The van der Waals surface area contributed by atoms with Crippen LogP contribution in [0.4, 0.5) is 8.78 Å². The van der Waals surface area contributed by atoms with Gasteiger partial charge in [0.15, 0.2) is 0 Å². The molecule has 0 radical (unpaired) electrons. The monoisotopic (exact) mass is 288 g/mol. The molecular formula is C13H8Cl2F2O. The number of hydrogen-bond acceptors (Lipinski definition) is 1. The number of hydrogen-bond donors (Lipinski definition) is 1. The Bertz CT molecular complexity index is 587. The van der Waals surface area contributed by atoms with Crippen molar-refractivity contribution < 1.29 is 13.9 Å². The number of aliphatic hydroxyl groups is 1. The first-order valence-corrected chi connectivity index (χ1v) is 5.82. The van der Waals surface area contributed by atoms with Gasteiger partial charge < -0.3 is 5.11 Å². The summed E-state index contributed by atoms with van der Waals surface area (Å²) < 4.78 is 26.5. The Balaban J connectivity index is 2.44. The van der Waals surface area contributed by atoms with E-state index in [0.29, 0.717) is 10.6 Å². The van der Waals surface area contributed by atoms with Crippen LogP contribution in [-0.4, -0.2) is 5.11 Å². The molecule has 0 bridgehead atoms. The molecule has 5 heteroatoms. The van der Waals surface area contributed by atoms with Crippen molar-refractivity contribution in [1.29, 1.82) is 0 Å². The van der Waals surface area contributed by atoms with Gasteiger partial charge in [0, 0.05) is 5.56 Å². The molecule has 0 aliphatic carbocycles. The zero-order chi connectivity index (χ0) is 13.3. The maximum Gasteiger partial charge on any atom is 0.129 e. The largest absolute Gasteiger partial charge is 0.384 e. The van der Waals surface area contributed by atoms with E-state index in [0.717, 1.165) is 18.2 Å². The highest BCUT2D eigenvalue weighted by molar-refractivity contribution is 6.42. The molecule has 0 aromatic heterocycles. The Morgan fingerprint density at radius 2 is 1.67 bits per heavy atom. The lowest BCUT2D eigenvalue weighted by Gasteiger charge is -2.13. The van der Waals surface area contributed by atoms with E-state index in [1.807, 2.05) is 0 Å². The van der Waals surface area contributed by atoms with Gasteiger partial charge in [-0.05, 0) is 35.9 Å². The average Bonchev–Trinajstić information content (AvgIpc) is 2.35. The van der Waals surface area contributed by atoms with E-state index >= 15 is 0 Å². The van der Waals surface area contributed by atoms with Crippen LogP contribution >= 0.6 is 23.2 Å². The van der Waals surface area contributed by atoms with Crippen molar-refractivity contribution in [3.63, 3.8) is 0 Å². The molecular weight excluding hydrogens is 281 g/mol. The Morgan fingerprint density at radius 1 is 0.944 bits per heavy atom. The van der Waals surface area contributed by atoms with E-state index in [1.54, 1.807) is 0 Å². The second-order valence-electron chi connectivity index (χ2n) is 3.74. The van der Waals surface area contributed by atoms with Crippen LogP contribution in [0.2, 0.25) is 10.0 Å². The van der Waals surface area contributed by atoms with E-state index in [4.69, 9.17) is 23.2 Å².